The highest BCUT2D eigenvalue weighted by Gasteiger charge is 2.17. The van der Waals surface area contributed by atoms with Crippen LogP contribution < -0.4 is 0 Å². The first-order chi connectivity index (χ1) is 3.68. The fourth-order valence-electron chi connectivity index (χ4n) is 0.230. The fourth-order valence-corrected chi connectivity index (χ4v) is 1.32. The quantitative estimate of drug-likeness (QED) is 0.434. The lowest BCUT2D eigenvalue weighted by molar-refractivity contribution is 0.0605. The molecule has 50 valence electrons. The molecule has 0 spiro atoms. The van der Waals surface area contributed by atoms with Crippen molar-refractivity contribution in [1.82, 2.24) is 0 Å². The summed E-state index contributed by atoms with van der Waals surface area (Å²) in [4.78, 5) is 0. The van der Waals surface area contributed by atoms with Gasteiger partial charge in [-0.15, -0.1) is 0 Å². The van der Waals surface area contributed by atoms with Gasteiger partial charge in [-0.1, -0.05) is 0 Å². The normalized spacial score (nSPS) is 16.1. The second kappa shape index (κ2) is 4.20. The van der Waals surface area contributed by atoms with Gasteiger partial charge in [0.05, 0.1) is 0 Å². The largest absolute Gasteiger partial charge is 0.269 e. The highest BCUT2D eigenvalue weighted by Crippen LogP contribution is 2.09. The lowest BCUT2D eigenvalue weighted by atomic mass is 10.5. The topological polar surface area (TPSA) is 0 Å². The summed E-state index contributed by atoms with van der Waals surface area (Å²) in [6, 6.07) is -0.126. The summed E-state index contributed by atoms with van der Waals surface area (Å²) in [7, 11) is -1.06. The molecule has 0 bridgehead atoms. The molecule has 0 aromatic heterocycles. The molecule has 1 atom stereocenters. The Kier molecular flexibility index (Phi) is 4.36. The van der Waals surface area contributed by atoms with E-state index in [4.69, 9.17) is 11.1 Å². The van der Waals surface area contributed by atoms with Crippen molar-refractivity contribution in [3.63, 3.8) is 0 Å². The Morgan fingerprint density at radius 2 is 1.88 bits per heavy atom. The first kappa shape index (κ1) is 8.30. The number of halogens is 4. The highest BCUT2D eigenvalue weighted by molar-refractivity contribution is 6.93. The molecule has 0 radical (unpaired) electrons. The second-order valence-electron chi connectivity index (χ2n) is 1.33. The minimum Gasteiger partial charge on any atom is -0.241 e. The van der Waals surface area contributed by atoms with Crippen LogP contribution in [0.25, 0.3) is 0 Å². The van der Waals surface area contributed by atoms with Gasteiger partial charge < -0.3 is 0 Å². The van der Waals surface area contributed by atoms with Crippen molar-refractivity contribution >= 4 is 19.9 Å². The summed E-state index contributed by atoms with van der Waals surface area (Å²) in [5.74, 6) is 0. The van der Waals surface area contributed by atoms with E-state index in [-0.39, 0.29) is 6.04 Å². The van der Waals surface area contributed by atoms with Crippen LogP contribution in [0.3, 0.4) is 0 Å². The smallest absolute Gasteiger partial charge is 0.241 e. The lowest BCUT2D eigenvalue weighted by Gasteiger charge is -2.00. The van der Waals surface area contributed by atoms with Gasteiger partial charge in [0.25, 0.3) is 6.43 Å². The summed E-state index contributed by atoms with van der Waals surface area (Å²) in [5.41, 5.74) is 0. The molecule has 0 nitrogen and oxygen atoms in total. The number of hydrogen-bond acceptors (Lipinski definition) is 0. The molecule has 8 heavy (non-hydrogen) atoms. The van der Waals surface area contributed by atoms with Crippen LogP contribution in [-0.2, 0) is 0 Å². The Hall–Kier alpha value is 0.297. The summed E-state index contributed by atoms with van der Waals surface area (Å²) >= 11 is 5.11. The monoisotopic (exact) mass is 162 g/mol. The number of alkyl halides is 3. The van der Waals surface area contributed by atoms with Gasteiger partial charge in [-0.2, -0.15) is 11.1 Å². The van der Waals surface area contributed by atoms with E-state index >= 15 is 0 Å². The Morgan fingerprint density at radius 3 is 2.00 bits per heavy atom. The molecule has 0 saturated carbocycles. The molecular formula is C3H6ClF3Si. The summed E-state index contributed by atoms with van der Waals surface area (Å²) in [5, 5.41) is 0. The van der Waals surface area contributed by atoms with Crippen molar-refractivity contribution in [1.29, 1.82) is 0 Å². The van der Waals surface area contributed by atoms with Crippen LogP contribution in [0.1, 0.15) is 0 Å². The summed E-state index contributed by atoms with van der Waals surface area (Å²) in [6.07, 6.45) is -4.83. The Morgan fingerprint density at radius 1 is 1.38 bits per heavy atom. The van der Waals surface area contributed by atoms with Crippen molar-refractivity contribution in [2.24, 2.45) is 0 Å². The van der Waals surface area contributed by atoms with Crippen molar-refractivity contribution in [2.45, 2.75) is 18.6 Å². The first-order valence-corrected chi connectivity index (χ1v) is 5.30. The molecule has 0 aliphatic heterocycles. The Bertz CT molecular complexity index is 60.5. The molecule has 0 amide bonds. The molecule has 0 aliphatic rings. The number of rotatable bonds is 3. The average molecular weight is 163 g/mol. The Labute approximate surface area is 52.5 Å². The zero-order valence-electron chi connectivity index (χ0n) is 4.08. The Balaban J connectivity index is 3.17. The molecule has 0 aromatic carbocycles. The highest BCUT2D eigenvalue weighted by atomic mass is 35.6. The fraction of sp³-hybridized carbons (Fsp3) is 1.00. The molecule has 0 rings (SSSR count). The lowest BCUT2D eigenvalue weighted by Crippen LogP contribution is -2.11. The van der Waals surface area contributed by atoms with E-state index in [0.29, 0.717) is 0 Å². The third kappa shape index (κ3) is 3.32. The maximum absolute atomic E-state index is 11.7. The first-order valence-electron chi connectivity index (χ1n) is 2.16. The van der Waals surface area contributed by atoms with Crippen molar-refractivity contribution in [2.75, 3.05) is 0 Å². The van der Waals surface area contributed by atoms with Gasteiger partial charge in [-0.25, -0.2) is 13.2 Å². The molecule has 1 unspecified atom stereocenters. The predicted molar refractivity (Wildman–Crippen MR) is 30.1 cm³/mol. The SMILES string of the molecule is FC(F)C(F)C[SiH2]Cl. The average Bonchev–Trinajstić information content (AvgIpc) is 1.67. The van der Waals surface area contributed by atoms with Crippen molar-refractivity contribution in [3.05, 3.63) is 0 Å². The van der Waals surface area contributed by atoms with E-state index in [1.807, 2.05) is 0 Å². The van der Waals surface area contributed by atoms with Crippen LogP contribution in [0.15, 0.2) is 0 Å². The van der Waals surface area contributed by atoms with Crippen LogP contribution >= 0.6 is 11.1 Å². The maximum atomic E-state index is 11.7. The molecule has 5 heteroatoms. The summed E-state index contributed by atoms with van der Waals surface area (Å²) in [6.45, 7) is 0. The minimum atomic E-state index is -2.85. The standard InChI is InChI=1S/C3H6ClF3Si/c4-8-1-2(5)3(6)7/h2-3H,1,8H2. The molecule has 0 saturated heterocycles. The van der Waals surface area contributed by atoms with E-state index in [2.05, 4.69) is 0 Å². The van der Waals surface area contributed by atoms with E-state index in [1.165, 1.54) is 0 Å². The maximum Gasteiger partial charge on any atom is 0.269 e. The molecular weight excluding hydrogens is 157 g/mol. The van der Waals surface area contributed by atoms with Crippen molar-refractivity contribution in [3.8, 4) is 0 Å². The van der Waals surface area contributed by atoms with Gasteiger partial charge in [0.1, 0.15) is 8.83 Å². The van der Waals surface area contributed by atoms with Crippen LogP contribution in [0.4, 0.5) is 13.2 Å². The minimum absolute atomic E-state index is 0.126. The molecule has 0 N–H and O–H groups in total. The predicted octanol–water partition coefficient (Wildman–Crippen LogP) is 1.33. The van der Waals surface area contributed by atoms with Crippen LogP contribution in [0.5, 0.6) is 0 Å². The van der Waals surface area contributed by atoms with Crippen LogP contribution in [-0.4, -0.2) is 21.4 Å². The van der Waals surface area contributed by atoms with E-state index in [0.717, 1.165) is 0 Å². The summed E-state index contributed by atoms with van der Waals surface area (Å²) < 4.78 is 34.1. The molecule has 0 aromatic rings. The van der Waals surface area contributed by atoms with Crippen molar-refractivity contribution < 1.29 is 13.2 Å². The molecule has 0 heterocycles. The number of hydrogen-bond donors (Lipinski definition) is 0. The van der Waals surface area contributed by atoms with Gasteiger partial charge in [-0.05, 0) is 6.04 Å². The zero-order chi connectivity index (χ0) is 6.57. The molecule has 0 aliphatic carbocycles. The van der Waals surface area contributed by atoms with Crippen LogP contribution in [0.2, 0.25) is 6.04 Å². The zero-order valence-corrected chi connectivity index (χ0v) is 6.25. The van der Waals surface area contributed by atoms with Gasteiger partial charge in [0, 0.05) is 0 Å². The molecule has 0 fully saturated rings. The van der Waals surface area contributed by atoms with E-state index in [9.17, 15) is 13.2 Å². The third-order valence-electron chi connectivity index (χ3n) is 0.658. The van der Waals surface area contributed by atoms with Crippen LogP contribution in [0, 0.1) is 0 Å². The van der Waals surface area contributed by atoms with Gasteiger partial charge in [-0.3, -0.25) is 0 Å². The second-order valence-corrected chi connectivity index (χ2v) is 3.42. The van der Waals surface area contributed by atoms with E-state index < -0.39 is 21.4 Å². The van der Waals surface area contributed by atoms with E-state index in [1.54, 1.807) is 0 Å². The third-order valence-corrected chi connectivity index (χ3v) is 2.08. The van der Waals surface area contributed by atoms with Gasteiger partial charge >= 0.3 is 0 Å². The van der Waals surface area contributed by atoms with Gasteiger partial charge in [0.15, 0.2) is 6.17 Å². The van der Waals surface area contributed by atoms with Gasteiger partial charge in [0.2, 0.25) is 0 Å².